The van der Waals surface area contributed by atoms with Crippen molar-refractivity contribution in [2.45, 2.75) is 0 Å². The van der Waals surface area contributed by atoms with Gasteiger partial charge in [0.25, 0.3) is 0 Å². The molecule has 0 aromatic heterocycles. The summed E-state index contributed by atoms with van der Waals surface area (Å²) in [4.78, 5) is 11.7. The summed E-state index contributed by atoms with van der Waals surface area (Å²) in [6.45, 7) is 0. The number of hydrogen-bond acceptors (Lipinski definition) is 4. The molecule has 0 fully saturated rings. The Hall–Kier alpha value is -2.22. The van der Waals surface area contributed by atoms with Gasteiger partial charge < -0.3 is 5.43 Å². The number of nitrogens with one attached hydrogen (secondary N) is 2. The average molecular weight is 294 g/mol. The van der Waals surface area contributed by atoms with E-state index in [1.54, 1.807) is 47.3 Å². The van der Waals surface area contributed by atoms with E-state index in [2.05, 4.69) is 5.43 Å². The Balaban J connectivity index is 0.000000217. The number of para-hydroxylation sites is 1. The molecular weight excluding hydrogens is 280 g/mol. The molecule has 6 nitrogen and oxygen atoms in total. The summed E-state index contributed by atoms with van der Waals surface area (Å²) < 4.78 is 28.7. The predicted octanol–water partition coefficient (Wildman–Crippen LogP) is 1.90. The van der Waals surface area contributed by atoms with Crippen LogP contribution in [0, 0.1) is 0 Å². The fraction of sp³-hybridized carbons (Fsp3) is 0. The fourth-order valence-electron chi connectivity index (χ4n) is 1.18. The van der Waals surface area contributed by atoms with Crippen molar-refractivity contribution in [3.63, 3.8) is 0 Å². The second-order valence-corrected chi connectivity index (χ2v) is 4.75. The maximum atomic E-state index is 10.2. The molecule has 0 aliphatic rings. The van der Waals surface area contributed by atoms with Crippen LogP contribution < -0.4 is 10.3 Å². The molecule has 2 aromatic rings. The molecule has 0 spiro atoms. The predicted molar refractivity (Wildman–Crippen MR) is 76.6 cm³/mol. The third-order valence-electron chi connectivity index (χ3n) is 2.03. The molecule has 0 aliphatic heterocycles. The third kappa shape index (κ3) is 7.27. The number of benzene rings is 2. The molecule has 0 amide bonds. The highest BCUT2D eigenvalue weighted by Crippen LogP contribution is 2.02. The highest BCUT2D eigenvalue weighted by Gasteiger charge is 1.99. The Morgan fingerprint density at radius 2 is 1.40 bits per heavy atom. The van der Waals surface area contributed by atoms with Gasteiger partial charge in [0.1, 0.15) is 6.29 Å². The lowest BCUT2D eigenvalue weighted by Gasteiger charge is -2.03. The molecule has 3 N–H and O–H groups in total. The molecule has 0 aliphatic carbocycles. The summed E-state index contributed by atoms with van der Waals surface area (Å²) >= 11 is 0. The van der Waals surface area contributed by atoms with Crippen molar-refractivity contribution in [2.24, 2.45) is 0 Å². The second kappa shape index (κ2) is 8.05. The molecule has 106 valence electrons. The Morgan fingerprint density at radius 1 is 0.900 bits per heavy atom. The lowest BCUT2D eigenvalue weighted by Crippen LogP contribution is -2.28. The first-order valence-electron chi connectivity index (χ1n) is 5.57. The summed E-state index contributed by atoms with van der Waals surface area (Å²) in [7, 11) is -4.18. The van der Waals surface area contributed by atoms with Gasteiger partial charge in [-0.2, -0.15) is 8.42 Å². The Labute approximate surface area is 117 Å². The minimum Gasteiger partial charge on any atom is -0.306 e. The molecule has 0 saturated heterocycles. The second-order valence-electron chi connectivity index (χ2n) is 3.60. The Bertz CT molecular complexity index is 615. The zero-order valence-electron chi connectivity index (χ0n) is 10.4. The van der Waals surface area contributed by atoms with E-state index < -0.39 is 10.3 Å². The summed E-state index contributed by atoms with van der Waals surface area (Å²) in [6.07, 6.45) is 0.833. The van der Waals surface area contributed by atoms with Gasteiger partial charge in [0, 0.05) is 11.3 Å². The van der Waals surface area contributed by atoms with E-state index in [9.17, 15) is 13.2 Å². The normalized spacial score (nSPS) is 10.1. The van der Waals surface area contributed by atoms with Gasteiger partial charge in [-0.05, 0) is 12.1 Å². The smallest absolute Gasteiger partial charge is 0.306 e. The molecule has 0 heterocycles. The van der Waals surface area contributed by atoms with Crippen LogP contribution in [0.1, 0.15) is 10.4 Å². The quantitative estimate of drug-likeness (QED) is 0.455. The van der Waals surface area contributed by atoms with Gasteiger partial charge in [-0.1, -0.05) is 48.5 Å². The van der Waals surface area contributed by atoms with Crippen LogP contribution in [0.3, 0.4) is 0 Å². The van der Waals surface area contributed by atoms with Crippen LogP contribution in [-0.4, -0.2) is 19.3 Å². The molecule has 0 unspecified atom stereocenters. The van der Waals surface area contributed by atoms with E-state index in [4.69, 9.17) is 4.55 Å². The van der Waals surface area contributed by atoms with Crippen molar-refractivity contribution in [2.75, 3.05) is 5.43 Å². The number of rotatable bonds is 4. The standard InChI is InChI=1S/C7H6O.C6H8N2O3S/c8-6-7-4-2-1-3-5-7;9-12(10,11)8-7-6-4-2-1-3-5-6/h1-6H;1-5,7-8H,(H,9,10,11). The zero-order valence-corrected chi connectivity index (χ0v) is 11.2. The molecule has 0 atom stereocenters. The molecule has 2 aromatic carbocycles. The van der Waals surface area contributed by atoms with Crippen molar-refractivity contribution in [1.29, 1.82) is 0 Å². The molecule has 0 bridgehead atoms. The fourth-order valence-corrected chi connectivity index (χ4v) is 1.42. The molecule has 2 rings (SSSR count). The maximum absolute atomic E-state index is 10.2. The number of hydrogen-bond donors (Lipinski definition) is 3. The number of aldehydes is 1. The van der Waals surface area contributed by atoms with Crippen LogP contribution in [0.5, 0.6) is 0 Å². The van der Waals surface area contributed by atoms with Gasteiger partial charge in [-0.3, -0.25) is 9.35 Å². The van der Waals surface area contributed by atoms with Crippen molar-refractivity contribution >= 4 is 22.3 Å². The Kier molecular flexibility index (Phi) is 6.38. The monoisotopic (exact) mass is 294 g/mol. The number of anilines is 1. The van der Waals surface area contributed by atoms with Crippen LogP contribution in [0.25, 0.3) is 0 Å². The van der Waals surface area contributed by atoms with Gasteiger partial charge in [-0.25, -0.2) is 0 Å². The van der Waals surface area contributed by atoms with Gasteiger partial charge in [-0.15, -0.1) is 4.83 Å². The van der Waals surface area contributed by atoms with E-state index in [-0.39, 0.29) is 0 Å². The SMILES string of the molecule is O=Cc1ccccc1.O=S(=O)(O)NNc1ccccc1. The summed E-state index contributed by atoms with van der Waals surface area (Å²) in [5.41, 5.74) is 3.58. The lowest BCUT2D eigenvalue weighted by atomic mass is 10.2. The number of carbonyl (C=O) groups is 1. The van der Waals surface area contributed by atoms with E-state index in [1.807, 2.05) is 18.2 Å². The van der Waals surface area contributed by atoms with Crippen LogP contribution in [-0.2, 0) is 10.3 Å². The van der Waals surface area contributed by atoms with E-state index >= 15 is 0 Å². The van der Waals surface area contributed by atoms with Crippen molar-refractivity contribution < 1.29 is 17.8 Å². The first kappa shape index (κ1) is 15.8. The third-order valence-corrected chi connectivity index (χ3v) is 2.39. The van der Waals surface area contributed by atoms with Crippen LogP contribution in [0.2, 0.25) is 0 Å². The molecule has 0 saturated carbocycles. The lowest BCUT2D eigenvalue weighted by molar-refractivity contribution is 0.112. The van der Waals surface area contributed by atoms with Gasteiger partial charge in [0.05, 0.1) is 0 Å². The highest BCUT2D eigenvalue weighted by atomic mass is 32.2. The largest absolute Gasteiger partial charge is 0.350 e. The van der Waals surface area contributed by atoms with Crippen molar-refractivity contribution in [3.8, 4) is 0 Å². The number of hydrazine groups is 1. The average Bonchev–Trinajstić information content (AvgIpc) is 2.47. The first-order chi connectivity index (χ1) is 9.51. The first-order valence-corrected chi connectivity index (χ1v) is 7.01. The minimum atomic E-state index is -4.18. The summed E-state index contributed by atoms with van der Waals surface area (Å²) in [5, 5.41) is 0. The summed E-state index contributed by atoms with van der Waals surface area (Å²) in [6, 6.07) is 17.7. The summed E-state index contributed by atoms with van der Waals surface area (Å²) in [5.74, 6) is 0. The minimum absolute atomic E-state index is 0.551. The molecular formula is C13H14N2O4S. The molecule has 0 radical (unpaired) electrons. The van der Waals surface area contributed by atoms with E-state index in [1.165, 1.54) is 0 Å². The van der Waals surface area contributed by atoms with Gasteiger partial charge in [0.2, 0.25) is 0 Å². The van der Waals surface area contributed by atoms with Gasteiger partial charge in [0.15, 0.2) is 0 Å². The van der Waals surface area contributed by atoms with Crippen LogP contribution in [0.4, 0.5) is 5.69 Å². The maximum Gasteiger partial charge on any atom is 0.350 e. The Morgan fingerprint density at radius 3 is 1.80 bits per heavy atom. The van der Waals surface area contributed by atoms with E-state index in [0.29, 0.717) is 5.69 Å². The van der Waals surface area contributed by atoms with Crippen molar-refractivity contribution in [1.82, 2.24) is 4.83 Å². The topological polar surface area (TPSA) is 95.5 Å². The van der Waals surface area contributed by atoms with Crippen molar-refractivity contribution in [3.05, 3.63) is 66.2 Å². The highest BCUT2D eigenvalue weighted by molar-refractivity contribution is 7.83. The van der Waals surface area contributed by atoms with Crippen LogP contribution >= 0.6 is 0 Å². The zero-order chi connectivity index (χ0) is 14.8. The van der Waals surface area contributed by atoms with E-state index in [0.717, 1.165) is 11.8 Å². The molecule has 20 heavy (non-hydrogen) atoms. The molecule has 7 heteroatoms. The number of carbonyl (C=O) groups excluding carboxylic acids is 1. The van der Waals surface area contributed by atoms with Crippen LogP contribution in [0.15, 0.2) is 60.7 Å². The van der Waals surface area contributed by atoms with Gasteiger partial charge >= 0.3 is 10.3 Å².